The first-order valence-electron chi connectivity index (χ1n) is 4.77. The van der Waals surface area contributed by atoms with Crippen LogP contribution in [0.25, 0.3) is 0 Å². The highest BCUT2D eigenvalue weighted by Crippen LogP contribution is 2.31. The van der Waals surface area contributed by atoms with Crippen LogP contribution in [0.15, 0.2) is 28.9 Å². The van der Waals surface area contributed by atoms with Crippen LogP contribution in [-0.4, -0.2) is 10.9 Å². The molecule has 3 nitrogen and oxygen atoms in total. The summed E-state index contributed by atoms with van der Waals surface area (Å²) in [6, 6.07) is 3.75. The molecule has 18 heavy (non-hydrogen) atoms. The number of H-pyrrole nitrogens is 1. The van der Waals surface area contributed by atoms with Crippen molar-refractivity contribution < 1.29 is 9.18 Å². The number of aromatic amines is 1. The molecule has 94 valence electrons. The number of amides is 1. The summed E-state index contributed by atoms with van der Waals surface area (Å²) in [4.78, 5) is 14.6. The molecule has 0 fully saturated rings. The monoisotopic (exact) mass is 350 g/mol. The fourth-order valence-electron chi connectivity index (χ4n) is 1.34. The third kappa shape index (κ3) is 2.85. The summed E-state index contributed by atoms with van der Waals surface area (Å²) in [5.74, 6) is -0.985. The van der Waals surface area contributed by atoms with Crippen molar-refractivity contribution in [1.82, 2.24) is 4.98 Å². The standard InChI is InChI=1S/C11H6BrCl2FN2O/c12-5-1-9(16-4-5)11(18)17-10-7(13)2-6(15)3-8(10)14/h1-4,16H,(H,17,18). The van der Waals surface area contributed by atoms with Crippen molar-refractivity contribution in [3.63, 3.8) is 0 Å². The molecule has 2 aromatic rings. The Labute approximate surface area is 120 Å². The van der Waals surface area contributed by atoms with Crippen LogP contribution in [0.1, 0.15) is 10.5 Å². The minimum Gasteiger partial charge on any atom is -0.356 e. The van der Waals surface area contributed by atoms with Crippen molar-refractivity contribution in [2.24, 2.45) is 0 Å². The van der Waals surface area contributed by atoms with Crippen molar-refractivity contribution in [3.05, 3.63) is 50.4 Å². The molecule has 2 rings (SSSR count). The van der Waals surface area contributed by atoms with Gasteiger partial charge >= 0.3 is 0 Å². The fraction of sp³-hybridized carbons (Fsp3) is 0. The Hall–Kier alpha value is -1.04. The minimum atomic E-state index is -0.564. The van der Waals surface area contributed by atoms with Crippen LogP contribution in [0.3, 0.4) is 0 Å². The summed E-state index contributed by atoms with van der Waals surface area (Å²) < 4.78 is 13.7. The highest BCUT2D eigenvalue weighted by molar-refractivity contribution is 9.10. The van der Waals surface area contributed by atoms with Crippen LogP contribution in [0, 0.1) is 5.82 Å². The van der Waals surface area contributed by atoms with E-state index < -0.39 is 11.7 Å². The second kappa shape index (κ2) is 5.30. The van der Waals surface area contributed by atoms with E-state index in [-0.39, 0.29) is 15.7 Å². The molecule has 0 atom stereocenters. The maximum atomic E-state index is 13.0. The summed E-state index contributed by atoms with van der Waals surface area (Å²) in [5, 5.41) is 2.60. The van der Waals surface area contributed by atoms with Gasteiger partial charge in [0.05, 0.1) is 15.7 Å². The van der Waals surface area contributed by atoms with Gasteiger partial charge < -0.3 is 10.3 Å². The third-order valence-corrected chi connectivity index (χ3v) is 3.19. The van der Waals surface area contributed by atoms with Gasteiger partial charge in [-0.2, -0.15) is 0 Å². The second-order valence-corrected chi connectivity index (χ2v) is 5.16. The van der Waals surface area contributed by atoms with Gasteiger partial charge in [0.25, 0.3) is 5.91 Å². The Morgan fingerprint density at radius 3 is 2.39 bits per heavy atom. The van der Waals surface area contributed by atoms with Crippen molar-refractivity contribution in [3.8, 4) is 0 Å². The van der Waals surface area contributed by atoms with Gasteiger partial charge in [0.15, 0.2) is 0 Å². The molecule has 0 aliphatic rings. The van der Waals surface area contributed by atoms with Crippen molar-refractivity contribution in [2.75, 3.05) is 5.32 Å². The number of nitrogens with one attached hydrogen (secondary N) is 2. The SMILES string of the molecule is O=C(Nc1c(Cl)cc(F)cc1Cl)c1cc(Br)c[nH]1. The molecular weight excluding hydrogens is 346 g/mol. The van der Waals surface area contributed by atoms with E-state index in [1.54, 1.807) is 12.3 Å². The lowest BCUT2D eigenvalue weighted by atomic mass is 10.3. The quantitative estimate of drug-likeness (QED) is 0.823. The molecule has 0 radical (unpaired) electrons. The predicted octanol–water partition coefficient (Wildman–Crippen LogP) is 4.48. The van der Waals surface area contributed by atoms with Gasteiger partial charge in [-0.15, -0.1) is 0 Å². The summed E-state index contributed by atoms with van der Waals surface area (Å²) in [6.45, 7) is 0. The van der Waals surface area contributed by atoms with Gasteiger partial charge in [-0.1, -0.05) is 23.2 Å². The zero-order chi connectivity index (χ0) is 13.3. The Balaban J connectivity index is 2.27. The van der Waals surface area contributed by atoms with Crippen molar-refractivity contribution in [2.45, 2.75) is 0 Å². The molecule has 0 aliphatic carbocycles. The smallest absolute Gasteiger partial charge is 0.272 e. The molecule has 0 unspecified atom stereocenters. The number of carbonyl (C=O) groups excluding carboxylic acids is 1. The van der Waals surface area contributed by atoms with Crippen LogP contribution in [0.2, 0.25) is 10.0 Å². The number of carbonyl (C=O) groups is 1. The molecule has 0 aliphatic heterocycles. The number of rotatable bonds is 2. The van der Waals surface area contributed by atoms with E-state index in [0.717, 1.165) is 16.6 Å². The van der Waals surface area contributed by atoms with E-state index in [1.165, 1.54) is 0 Å². The molecule has 1 amide bonds. The molecule has 1 aromatic carbocycles. The summed E-state index contributed by atoms with van der Waals surface area (Å²) in [5.41, 5.74) is 0.508. The van der Waals surface area contributed by atoms with E-state index in [1.807, 2.05) is 0 Å². The maximum absolute atomic E-state index is 13.0. The maximum Gasteiger partial charge on any atom is 0.272 e. The Kier molecular flexibility index (Phi) is 3.94. The molecule has 7 heteroatoms. The van der Waals surface area contributed by atoms with E-state index in [9.17, 15) is 9.18 Å². The minimum absolute atomic E-state index is 0.0407. The number of hydrogen-bond acceptors (Lipinski definition) is 1. The topological polar surface area (TPSA) is 44.9 Å². The molecule has 2 N–H and O–H groups in total. The highest BCUT2D eigenvalue weighted by Gasteiger charge is 2.14. The average molecular weight is 352 g/mol. The van der Waals surface area contributed by atoms with Gasteiger partial charge in [-0.3, -0.25) is 4.79 Å². The van der Waals surface area contributed by atoms with Gasteiger partial charge in [-0.05, 0) is 34.1 Å². The lowest BCUT2D eigenvalue weighted by Crippen LogP contribution is -2.13. The zero-order valence-corrected chi connectivity index (χ0v) is 11.8. The van der Waals surface area contributed by atoms with E-state index in [2.05, 4.69) is 26.2 Å². The lowest BCUT2D eigenvalue weighted by Gasteiger charge is -2.08. The number of hydrogen-bond donors (Lipinski definition) is 2. The molecule has 0 spiro atoms. The average Bonchev–Trinajstić information content (AvgIpc) is 2.70. The van der Waals surface area contributed by atoms with E-state index in [4.69, 9.17) is 23.2 Å². The molecule has 0 bridgehead atoms. The summed E-state index contributed by atoms with van der Waals surface area (Å²) in [7, 11) is 0. The van der Waals surface area contributed by atoms with Crippen molar-refractivity contribution in [1.29, 1.82) is 0 Å². The highest BCUT2D eigenvalue weighted by atomic mass is 79.9. The van der Waals surface area contributed by atoms with Crippen LogP contribution >= 0.6 is 39.1 Å². The molecular formula is C11H6BrCl2FN2O. The largest absolute Gasteiger partial charge is 0.356 e. The number of aromatic nitrogens is 1. The van der Waals surface area contributed by atoms with E-state index >= 15 is 0 Å². The molecule has 1 aromatic heterocycles. The third-order valence-electron chi connectivity index (χ3n) is 2.14. The number of halogens is 4. The van der Waals surface area contributed by atoms with Gasteiger partial charge in [0, 0.05) is 10.7 Å². The van der Waals surface area contributed by atoms with Crippen LogP contribution < -0.4 is 5.32 Å². The first-order valence-corrected chi connectivity index (χ1v) is 6.32. The van der Waals surface area contributed by atoms with Gasteiger partial charge in [0.1, 0.15) is 11.5 Å². The Morgan fingerprint density at radius 1 is 1.28 bits per heavy atom. The summed E-state index contributed by atoms with van der Waals surface area (Å²) >= 11 is 14.8. The molecule has 1 heterocycles. The fourth-order valence-corrected chi connectivity index (χ4v) is 2.24. The first-order chi connectivity index (χ1) is 8.47. The van der Waals surface area contributed by atoms with Crippen LogP contribution in [0.5, 0.6) is 0 Å². The normalized spacial score (nSPS) is 10.4. The first kappa shape index (κ1) is 13.4. The number of benzene rings is 1. The lowest BCUT2D eigenvalue weighted by molar-refractivity contribution is 0.102. The molecule has 0 saturated heterocycles. The summed E-state index contributed by atoms with van der Waals surface area (Å²) in [6.07, 6.45) is 1.61. The Bertz CT molecular complexity index is 592. The number of anilines is 1. The predicted molar refractivity (Wildman–Crippen MR) is 72.9 cm³/mol. The van der Waals surface area contributed by atoms with Crippen LogP contribution in [0.4, 0.5) is 10.1 Å². The van der Waals surface area contributed by atoms with E-state index in [0.29, 0.717) is 5.69 Å². The Morgan fingerprint density at radius 2 is 1.89 bits per heavy atom. The molecule has 0 saturated carbocycles. The van der Waals surface area contributed by atoms with Gasteiger partial charge in [-0.25, -0.2) is 4.39 Å². The zero-order valence-electron chi connectivity index (χ0n) is 8.73. The van der Waals surface area contributed by atoms with Crippen molar-refractivity contribution >= 4 is 50.7 Å². The van der Waals surface area contributed by atoms with Crippen LogP contribution in [-0.2, 0) is 0 Å². The second-order valence-electron chi connectivity index (χ2n) is 3.43. The van der Waals surface area contributed by atoms with Gasteiger partial charge in [0.2, 0.25) is 0 Å².